The lowest BCUT2D eigenvalue weighted by Crippen LogP contribution is -1.94. The number of nitrogens with zero attached hydrogens (tertiary/aromatic N) is 3. The highest BCUT2D eigenvalue weighted by atomic mass is 35.5. The Kier molecular flexibility index (Phi) is 3.64. The van der Waals surface area contributed by atoms with Crippen molar-refractivity contribution in [3.05, 3.63) is 45.7 Å². The van der Waals surface area contributed by atoms with E-state index in [0.717, 1.165) is 17.4 Å². The van der Waals surface area contributed by atoms with Crippen LogP contribution >= 0.6 is 23.2 Å². The molecule has 1 heterocycles. The summed E-state index contributed by atoms with van der Waals surface area (Å²) in [5.74, 6) is -0.519. The summed E-state index contributed by atoms with van der Waals surface area (Å²) in [6, 6.07) is 7.35. The fourth-order valence-corrected chi connectivity index (χ4v) is 3.02. The molecule has 8 heteroatoms. The molecule has 0 bridgehead atoms. The lowest BCUT2D eigenvalue weighted by Gasteiger charge is -2.12. The standard InChI is InChI=1S/C13H5Cl2FN4S/c14-9-4-10(15)12-13(20-21-19-12)11(9)18-8-2-6(5-17)1-7(16)3-8/h1-4,18H. The largest absolute Gasteiger partial charge is 0.352 e. The molecule has 0 saturated carbocycles. The fraction of sp³-hybridized carbons (Fsp3) is 0. The van der Waals surface area contributed by atoms with E-state index in [-0.39, 0.29) is 5.56 Å². The van der Waals surface area contributed by atoms with Crippen molar-refractivity contribution in [2.45, 2.75) is 0 Å². The van der Waals surface area contributed by atoms with Crippen LogP contribution in [-0.4, -0.2) is 0 Å². The lowest BCUT2D eigenvalue weighted by atomic mass is 10.2. The Bertz CT molecular complexity index is 869. The molecule has 1 N–H and O–H groups in total. The van der Waals surface area contributed by atoms with Gasteiger partial charge in [-0.05, 0) is 24.3 Å². The third-order valence-electron chi connectivity index (χ3n) is 2.74. The molecule has 0 fully saturated rings. The third-order valence-corrected chi connectivity index (χ3v) is 3.85. The number of rotatable bonds is 2. The Morgan fingerprint density at radius 2 is 1.86 bits per heavy atom. The molecule has 1 aliphatic heterocycles. The number of hydrogen-bond acceptors (Lipinski definition) is 4. The van der Waals surface area contributed by atoms with Crippen LogP contribution in [0.1, 0.15) is 5.56 Å². The highest BCUT2D eigenvalue weighted by molar-refractivity contribution is 7.58. The van der Waals surface area contributed by atoms with Gasteiger partial charge in [-0.2, -0.15) is 14.0 Å². The first-order valence-electron chi connectivity index (χ1n) is 5.66. The zero-order chi connectivity index (χ0) is 15.0. The zero-order valence-electron chi connectivity index (χ0n) is 10.2. The summed E-state index contributed by atoms with van der Waals surface area (Å²) in [5, 5.41) is 12.6. The van der Waals surface area contributed by atoms with E-state index < -0.39 is 5.82 Å². The predicted molar refractivity (Wildman–Crippen MR) is 82.4 cm³/mol. The average Bonchev–Trinajstić information content (AvgIpc) is 2.92. The van der Waals surface area contributed by atoms with Gasteiger partial charge in [0.1, 0.15) is 17.2 Å². The summed E-state index contributed by atoms with van der Waals surface area (Å²) in [6.07, 6.45) is 0. The number of hydrogen-bond donors (Lipinski definition) is 1. The van der Waals surface area contributed by atoms with Crippen molar-refractivity contribution in [2.24, 2.45) is 8.73 Å². The van der Waals surface area contributed by atoms with Crippen molar-refractivity contribution in [2.75, 3.05) is 5.32 Å². The number of nitrogens with one attached hydrogen (secondary N) is 1. The summed E-state index contributed by atoms with van der Waals surface area (Å²) in [7, 11) is 0. The van der Waals surface area contributed by atoms with E-state index in [1.165, 1.54) is 12.1 Å². The van der Waals surface area contributed by atoms with E-state index in [2.05, 4.69) is 14.0 Å². The number of halogens is 3. The number of anilines is 2. The van der Waals surface area contributed by atoms with Gasteiger partial charge >= 0.3 is 0 Å². The fourth-order valence-electron chi connectivity index (χ4n) is 1.86. The van der Waals surface area contributed by atoms with Crippen molar-refractivity contribution in [1.29, 1.82) is 5.26 Å². The van der Waals surface area contributed by atoms with Crippen molar-refractivity contribution in [1.82, 2.24) is 0 Å². The van der Waals surface area contributed by atoms with Crippen LogP contribution in [0.25, 0.3) is 0 Å². The van der Waals surface area contributed by atoms with Gasteiger partial charge in [-0.15, -0.1) is 0 Å². The van der Waals surface area contributed by atoms with Gasteiger partial charge in [0.15, 0.2) is 0 Å². The van der Waals surface area contributed by atoms with Crippen LogP contribution in [0.4, 0.5) is 27.1 Å². The maximum atomic E-state index is 13.5. The lowest BCUT2D eigenvalue weighted by molar-refractivity contribution is 0.628. The summed E-state index contributed by atoms with van der Waals surface area (Å²) in [6.45, 7) is 0. The second-order valence-electron chi connectivity index (χ2n) is 4.14. The molecule has 2 aromatic rings. The van der Waals surface area contributed by atoms with Crippen LogP contribution in [-0.2, 0) is 11.4 Å². The molecule has 1 aliphatic rings. The second kappa shape index (κ2) is 5.45. The molecule has 0 atom stereocenters. The molecule has 0 unspecified atom stereocenters. The van der Waals surface area contributed by atoms with E-state index in [0.29, 0.717) is 32.8 Å². The van der Waals surface area contributed by atoms with Gasteiger partial charge in [0.2, 0.25) is 0 Å². The molecular weight excluding hydrogens is 334 g/mol. The van der Waals surface area contributed by atoms with Crippen LogP contribution < -0.4 is 5.32 Å². The molecule has 21 heavy (non-hydrogen) atoms. The van der Waals surface area contributed by atoms with Gasteiger partial charge in [-0.25, -0.2) is 4.39 Å². The topological polar surface area (TPSA) is 60.5 Å². The van der Waals surface area contributed by atoms with E-state index in [1.807, 2.05) is 6.07 Å². The first kappa shape index (κ1) is 14.0. The molecule has 0 spiro atoms. The number of benzene rings is 2. The molecule has 104 valence electrons. The minimum absolute atomic E-state index is 0.204. The molecule has 0 aliphatic carbocycles. The Morgan fingerprint density at radius 3 is 2.62 bits per heavy atom. The van der Waals surface area contributed by atoms with Crippen molar-refractivity contribution in [3.63, 3.8) is 0 Å². The van der Waals surface area contributed by atoms with Crippen molar-refractivity contribution >= 4 is 57.3 Å². The first-order valence-corrected chi connectivity index (χ1v) is 7.15. The maximum absolute atomic E-state index is 13.5. The molecule has 0 radical (unpaired) electrons. The second-order valence-corrected chi connectivity index (χ2v) is 5.48. The Hall–Kier alpha value is -1.94. The summed E-state index contributed by atoms with van der Waals surface area (Å²) in [4.78, 5) is 0. The molecule has 3 rings (SSSR count). The van der Waals surface area contributed by atoms with Gasteiger partial charge < -0.3 is 5.32 Å². The molecule has 2 aromatic carbocycles. The quantitative estimate of drug-likeness (QED) is 0.672. The van der Waals surface area contributed by atoms with Crippen LogP contribution in [0.15, 0.2) is 33.0 Å². The Balaban J connectivity index is 2.08. The summed E-state index contributed by atoms with van der Waals surface area (Å²) < 4.78 is 21.7. The van der Waals surface area contributed by atoms with Gasteiger partial charge in [0, 0.05) is 5.69 Å². The summed E-state index contributed by atoms with van der Waals surface area (Å²) in [5.41, 5.74) is 2.09. The van der Waals surface area contributed by atoms with Gasteiger partial charge in [0.05, 0.1) is 38.7 Å². The van der Waals surface area contributed by atoms with Crippen LogP contribution in [0.3, 0.4) is 0 Å². The maximum Gasteiger partial charge on any atom is 0.131 e. The van der Waals surface area contributed by atoms with E-state index in [1.54, 1.807) is 6.07 Å². The zero-order valence-corrected chi connectivity index (χ0v) is 12.5. The Labute approximate surface area is 133 Å². The van der Waals surface area contributed by atoms with E-state index in [4.69, 9.17) is 28.5 Å². The van der Waals surface area contributed by atoms with E-state index >= 15 is 0 Å². The smallest absolute Gasteiger partial charge is 0.131 e. The molecule has 0 aromatic heterocycles. The minimum Gasteiger partial charge on any atom is -0.352 e. The van der Waals surface area contributed by atoms with Gasteiger partial charge in [-0.1, -0.05) is 23.2 Å². The molecule has 0 saturated heterocycles. The van der Waals surface area contributed by atoms with Gasteiger partial charge in [0.25, 0.3) is 0 Å². The highest BCUT2D eigenvalue weighted by Gasteiger charge is 2.19. The van der Waals surface area contributed by atoms with Crippen LogP contribution in [0.5, 0.6) is 0 Å². The van der Waals surface area contributed by atoms with Crippen molar-refractivity contribution in [3.8, 4) is 6.07 Å². The predicted octanol–water partition coefficient (Wildman–Crippen LogP) is 5.47. The van der Waals surface area contributed by atoms with E-state index in [9.17, 15) is 4.39 Å². The summed E-state index contributed by atoms with van der Waals surface area (Å²) >= 11 is 13.2. The van der Waals surface area contributed by atoms with Crippen LogP contribution in [0.2, 0.25) is 10.0 Å². The molecule has 4 nitrogen and oxygen atoms in total. The minimum atomic E-state index is -0.519. The number of fused-ring (bicyclic) bond motifs is 1. The average molecular weight is 339 g/mol. The SMILES string of the molecule is N#Cc1cc(F)cc(Nc2c(Cl)cc(Cl)c3c2N=S=N3)c1. The number of nitriles is 1. The highest BCUT2D eigenvalue weighted by Crippen LogP contribution is 2.48. The monoisotopic (exact) mass is 338 g/mol. The van der Waals surface area contributed by atoms with Crippen molar-refractivity contribution < 1.29 is 4.39 Å². The third kappa shape index (κ3) is 2.63. The normalized spacial score (nSPS) is 11.7. The molecular formula is C13H5Cl2FN4S. The first-order chi connectivity index (χ1) is 10.1. The van der Waals surface area contributed by atoms with Gasteiger partial charge in [-0.3, -0.25) is 0 Å². The Morgan fingerprint density at radius 1 is 1.10 bits per heavy atom. The van der Waals surface area contributed by atoms with Crippen LogP contribution in [0, 0.1) is 17.1 Å². The molecule has 0 amide bonds.